The smallest absolute Gasteiger partial charge is 0.339 e. The summed E-state index contributed by atoms with van der Waals surface area (Å²) in [6.07, 6.45) is -3.14. The van der Waals surface area contributed by atoms with Crippen LogP contribution in [0.5, 0.6) is 0 Å². The van der Waals surface area contributed by atoms with Crippen LogP contribution in [0.3, 0.4) is 0 Å². The molecular formula is C14H28N2O12P2. The summed E-state index contributed by atoms with van der Waals surface area (Å²) in [6, 6.07) is -3.23. The average Bonchev–Trinajstić information content (AvgIpc) is 2.48. The van der Waals surface area contributed by atoms with Crippen LogP contribution in [0.25, 0.3) is 0 Å². The maximum absolute atomic E-state index is 11.7. The molecule has 0 spiro atoms. The Morgan fingerprint density at radius 2 is 1.23 bits per heavy atom. The highest BCUT2D eigenvalue weighted by Crippen LogP contribution is 2.40. The standard InChI is InChI=1S/C14H28N2O12P2/c1-9(2)5-10(13(19)20)16(11(14(21)22)6-12(17)18)4-3-15(7-29(23,24)25)8-30(26,27)28/h9-11H,3-8H2,1-2H3,(H,17,18)(H,19,20)(H,21,22)(H2,23,24,25)(H2,26,27,28)/t10?,11-/m0/s1. The first-order valence-corrected chi connectivity index (χ1v) is 12.3. The molecule has 7 N–H and O–H groups in total. The molecule has 0 heterocycles. The maximum Gasteiger partial charge on any atom is 0.339 e. The SMILES string of the molecule is CC(C)CC(C(=O)O)N(CCN(CP(=O)(O)O)CP(=O)(O)O)[C@@H](CC(=O)O)C(=O)O. The Morgan fingerprint density at radius 3 is 1.53 bits per heavy atom. The minimum Gasteiger partial charge on any atom is -0.481 e. The van der Waals surface area contributed by atoms with Gasteiger partial charge in [0.15, 0.2) is 0 Å². The zero-order valence-electron chi connectivity index (χ0n) is 16.4. The van der Waals surface area contributed by atoms with Crippen molar-refractivity contribution in [1.29, 1.82) is 0 Å². The fourth-order valence-corrected chi connectivity index (χ4v) is 4.51. The van der Waals surface area contributed by atoms with Crippen LogP contribution in [0.2, 0.25) is 0 Å². The molecule has 30 heavy (non-hydrogen) atoms. The molecule has 176 valence electrons. The lowest BCUT2D eigenvalue weighted by Crippen LogP contribution is -2.54. The maximum atomic E-state index is 11.7. The van der Waals surface area contributed by atoms with E-state index in [1.54, 1.807) is 13.8 Å². The molecule has 0 bridgehead atoms. The normalized spacial score (nSPS) is 14.8. The quantitative estimate of drug-likeness (QED) is 0.144. The molecule has 16 heteroatoms. The lowest BCUT2D eigenvalue weighted by molar-refractivity contribution is -0.156. The Balaban J connectivity index is 5.93. The number of hydrogen-bond donors (Lipinski definition) is 7. The van der Waals surface area contributed by atoms with Gasteiger partial charge in [-0.1, -0.05) is 13.8 Å². The molecule has 0 aromatic rings. The molecule has 0 saturated carbocycles. The van der Waals surface area contributed by atoms with Gasteiger partial charge >= 0.3 is 33.1 Å². The average molecular weight is 478 g/mol. The monoisotopic (exact) mass is 478 g/mol. The second kappa shape index (κ2) is 11.9. The van der Waals surface area contributed by atoms with Crippen LogP contribution < -0.4 is 0 Å². The second-order valence-electron chi connectivity index (χ2n) is 7.18. The van der Waals surface area contributed by atoms with Gasteiger partial charge in [-0.3, -0.25) is 33.3 Å². The first kappa shape index (κ1) is 28.6. The zero-order valence-corrected chi connectivity index (χ0v) is 18.2. The Morgan fingerprint density at radius 1 is 0.800 bits per heavy atom. The summed E-state index contributed by atoms with van der Waals surface area (Å²) in [7, 11) is -9.52. The molecule has 0 saturated heterocycles. The van der Waals surface area contributed by atoms with E-state index in [-0.39, 0.29) is 12.3 Å². The van der Waals surface area contributed by atoms with Gasteiger partial charge in [0.1, 0.15) is 24.7 Å². The second-order valence-corrected chi connectivity index (χ2v) is 10.4. The Labute approximate surface area is 172 Å². The lowest BCUT2D eigenvalue weighted by Gasteiger charge is -2.35. The molecule has 0 aromatic heterocycles. The highest BCUT2D eigenvalue weighted by atomic mass is 31.2. The van der Waals surface area contributed by atoms with Gasteiger partial charge in [-0.15, -0.1) is 0 Å². The van der Waals surface area contributed by atoms with Gasteiger partial charge in [0.05, 0.1) is 6.42 Å². The molecule has 14 nitrogen and oxygen atoms in total. The van der Waals surface area contributed by atoms with Crippen molar-refractivity contribution in [2.75, 3.05) is 25.7 Å². The lowest BCUT2D eigenvalue weighted by atomic mass is 9.99. The van der Waals surface area contributed by atoms with Crippen molar-refractivity contribution >= 4 is 33.1 Å². The van der Waals surface area contributed by atoms with E-state index in [1.807, 2.05) is 0 Å². The van der Waals surface area contributed by atoms with Crippen LogP contribution in [-0.2, 0) is 23.5 Å². The van der Waals surface area contributed by atoms with Gasteiger partial charge in [0, 0.05) is 13.1 Å². The predicted octanol–water partition coefficient (Wildman–Crippen LogP) is -0.712. The molecule has 0 rings (SSSR count). The molecule has 2 atom stereocenters. The van der Waals surface area contributed by atoms with Crippen molar-refractivity contribution in [2.45, 2.75) is 38.8 Å². The van der Waals surface area contributed by atoms with E-state index >= 15 is 0 Å². The molecule has 0 fully saturated rings. The van der Waals surface area contributed by atoms with Crippen LogP contribution in [-0.4, -0.2) is 100 Å². The Bertz CT molecular complexity index is 679. The molecule has 0 aliphatic rings. The highest BCUT2D eigenvalue weighted by molar-refractivity contribution is 7.52. The van der Waals surface area contributed by atoms with Crippen molar-refractivity contribution in [1.82, 2.24) is 9.80 Å². The first-order valence-electron chi connectivity index (χ1n) is 8.67. The fraction of sp³-hybridized carbons (Fsp3) is 0.786. The van der Waals surface area contributed by atoms with Gasteiger partial charge in [0.2, 0.25) is 0 Å². The topological polar surface area (TPSA) is 233 Å². The van der Waals surface area contributed by atoms with Crippen LogP contribution in [0.1, 0.15) is 26.7 Å². The van der Waals surface area contributed by atoms with Crippen LogP contribution >= 0.6 is 15.2 Å². The Kier molecular flexibility index (Phi) is 11.3. The summed E-state index contributed by atoms with van der Waals surface area (Å²) >= 11 is 0. The third kappa shape index (κ3) is 12.4. The van der Waals surface area contributed by atoms with Crippen molar-refractivity contribution in [3.63, 3.8) is 0 Å². The largest absolute Gasteiger partial charge is 0.481 e. The summed E-state index contributed by atoms with van der Waals surface area (Å²) in [6.45, 7) is 2.28. The number of aliphatic carboxylic acids is 3. The van der Waals surface area contributed by atoms with E-state index < -0.39 is 77.3 Å². The van der Waals surface area contributed by atoms with Gasteiger partial charge in [-0.25, -0.2) is 0 Å². The number of carboxylic acids is 3. The molecular weight excluding hydrogens is 450 g/mol. The minimum atomic E-state index is -4.76. The van der Waals surface area contributed by atoms with E-state index in [4.69, 9.17) is 24.7 Å². The van der Waals surface area contributed by atoms with Crippen LogP contribution in [0.15, 0.2) is 0 Å². The molecule has 0 aromatic carbocycles. The van der Waals surface area contributed by atoms with Crippen LogP contribution in [0.4, 0.5) is 0 Å². The van der Waals surface area contributed by atoms with Crippen molar-refractivity contribution in [2.24, 2.45) is 5.92 Å². The molecule has 0 aliphatic carbocycles. The predicted molar refractivity (Wildman–Crippen MR) is 102 cm³/mol. The zero-order chi connectivity index (χ0) is 23.9. The number of carboxylic acid groups (broad SMARTS) is 3. The minimum absolute atomic E-state index is 0.0598. The van der Waals surface area contributed by atoms with Gasteiger partial charge in [-0.2, -0.15) is 0 Å². The van der Waals surface area contributed by atoms with Gasteiger partial charge in [-0.05, 0) is 12.3 Å². The highest BCUT2D eigenvalue weighted by Gasteiger charge is 2.37. The summed E-state index contributed by atoms with van der Waals surface area (Å²) in [5, 5.41) is 28.0. The van der Waals surface area contributed by atoms with E-state index in [2.05, 4.69) is 0 Å². The third-order valence-electron chi connectivity index (χ3n) is 3.88. The number of carbonyl (C=O) groups is 3. The number of rotatable bonds is 15. The first-order chi connectivity index (χ1) is 13.4. The summed E-state index contributed by atoms with van der Waals surface area (Å²) in [4.78, 5) is 72.5. The molecule has 1 unspecified atom stereocenters. The molecule has 0 amide bonds. The van der Waals surface area contributed by atoms with Crippen molar-refractivity contribution in [3.8, 4) is 0 Å². The number of nitrogens with zero attached hydrogens (tertiary/aromatic N) is 2. The summed E-state index contributed by atoms with van der Waals surface area (Å²) in [5.41, 5.74) is 0. The fourth-order valence-electron chi connectivity index (χ4n) is 2.83. The van der Waals surface area contributed by atoms with Gasteiger partial charge < -0.3 is 34.9 Å². The summed E-state index contributed by atoms with van der Waals surface area (Å²) < 4.78 is 22.5. The van der Waals surface area contributed by atoms with E-state index in [9.17, 15) is 33.7 Å². The molecule has 0 aliphatic heterocycles. The number of hydrogen-bond acceptors (Lipinski definition) is 7. The molecule has 0 radical (unpaired) electrons. The van der Waals surface area contributed by atoms with Crippen LogP contribution in [0, 0.1) is 5.92 Å². The Hall–Kier alpha value is -1.37. The third-order valence-corrected chi connectivity index (χ3v) is 5.41. The van der Waals surface area contributed by atoms with E-state index in [1.165, 1.54) is 0 Å². The van der Waals surface area contributed by atoms with Crippen molar-refractivity contribution in [3.05, 3.63) is 0 Å². The van der Waals surface area contributed by atoms with Gasteiger partial charge in [0.25, 0.3) is 0 Å². The summed E-state index contributed by atoms with van der Waals surface area (Å²) in [5.74, 6) is -4.79. The van der Waals surface area contributed by atoms with E-state index in [0.29, 0.717) is 4.90 Å². The van der Waals surface area contributed by atoms with Crippen molar-refractivity contribution < 1.29 is 58.4 Å². The van der Waals surface area contributed by atoms with E-state index in [0.717, 1.165) is 4.90 Å².